The lowest BCUT2D eigenvalue weighted by Gasteiger charge is -2.52. The van der Waals surface area contributed by atoms with Gasteiger partial charge in [-0.2, -0.15) is 0 Å². The highest BCUT2D eigenvalue weighted by Crippen LogP contribution is 2.56. The largest absolute Gasteiger partial charge is 0.509 e. The molecule has 0 spiro atoms. The highest BCUT2D eigenvalue weighted by Gasteiger charge is 2.60. The van der Waals surface area contributed by atoms with E-state index in [0.29, 0.717) is 6.42 Å². The van der Waals surface area contributed by atoms with Gasteiger partial charge < -0.3 is 18.9 Å². The van der Waals surface area contributed by atoms with E-state index in [1.165, 1.54) is 0 Å². The number of hydrogen-bond donors (Lipinski definition) is 0. The Kier molecular flexibility index (Phi) is 8.47. The molecule has 1 heterocycles. The first kappa shape index (κ1) is 28.5. The summed E-state index contributed by atoms with van der Waals surface area (Å²) >= 11 is 0. The minimum atomic E-state index is -0.997. The van der Waals surface area contributed by atoms with Crippen LogP contribution in [0, 0.1) is 28.6 Å². The first-order valence-corrected chi connectivity index (χ1v) is 12.3. The van der Waals surface area contributed by atoms with Crippen molar-refractivity contribution in [3.05, 3.63) is 12.7 Å². The first-order valence-electron chi connectivity index (χ1n) is 12.3. The van der Waals surface area contributed by atoms with Gasteiger partial charge in [0.2, 0.25) is 0 Å². The third-order valence-corrected chi connectivity index (χ3v) is 7.98. The molecule has 2 aliphatic rings. The number of hydrogen-bond acceptors (Lipinski definition) is 7. The molecule has 0 amide bonds. The Morgan fingerprint density at radius 3 is 2.32 bits per heavy atom. The molecule has 0 aromatic rings. The lowest BCUT2D eigenvalue weighted by Crippen LogP contribution is -2.57. The van der Waals surface area contributed by atoms with Crippen LogP contribution in [0.4, 0.5) is 4.79 Å². The topological polar surface area (TPSA) is 88.1 Å². The monoisotopic (exact) mass is 480 g/mol. The molecule has 7 heteroatoms. The molecule has 34 heavy (non-hydrogen) atoms. The van der Waals surface area contributed by atoms with Crippen LogP contribution >= 0.6 is 0 Å². The Bertz CT molecular complexity index is 795. The molecule has 1 saturated carbocycles. The van der Waals surface area contributed by atoms with E-state index in [1.807, 2.05) is 41.5 Å². The fourth-order valence-electron chi connectivity index (χ4n) is 5.41. The second-order valence-corrected chi connectivity index (χ2v) is 12.1. The predicted octanol–water partition coefficient (Wildman–Crippen LogP) is 5.50. The molecule has 0 radical (unpaired) electrons. The minimum Gasteiger partial charge on any atom is -0.427 e. The van der Waals surface area contributed by atoms with Gasteiger partial charge in [-0.05, 0) is 58.3 Å². The second kappa shape index (κ2) is 10.1. The van der Waals surface area contributed by atoms with Gasteiger partial charge in [-0.15, -0.1) is 6.58 Å². The van der Waals surface area contributed by atoms with E-state index in [-0.39, 0.29) is 36.6 Å². The normalized spacial score (nSPS) is 30.7. The van der Waals surface area contributed by atoms with Gasteiger partial charge in [0.1, 0.15) is 24.3 Å². The average Bonchev–Trinajstić information content (AvgIpc) is 2.98. The van der Waals surface area contributed by atoms with Crippen LogP contribution in [0.3, 0.4) is 0 Å². The van der Waals surface area contributed by atoms with Gasteiger partial charge in [0.15, 0.2) is 5.78 Å². The summed E-state index contributed by atoms with van der Waals surface area (Å²) in [6, 6.07) is 0. The Labute approximate surface area is 204 Å². The standard InChI is InChI=1S/C27H44O7/c1-11-27(15-19-26(8,9)34-23(30)33-19)14-18(12-13-24(4,5)32-16-31-10)25(6,7)20(22(27)29)21(28)17(2)3/h11,17-20H,1,12-16H2,2-10H3/t18-,19-,20+,27-/m0/s1. The summed E-state index contributed by atoms with van der Waals surface area (Å²) in [5.41, 5.74) is -2.83. The minimum absolute atomic E-state index is 0.0439. The van der Waals surface area contributed by atoms with Crippen LogP contribution < -0.4 is 0 Å². The van der Waals surface area contributed by atoms with Crippen LogP contribution in [0.1, 0.15) is 81.1 Å². The van der Waals surface area contributed by atoms with E-state index < -0.39 is 40.2 Å². The molecule has 1 aliphatic heterocycles. The molecule has 2 fully saturated rings. The van der Waals surface area contributed by atoms with Gasteiger partial charge in [-0.1, -0.05) is 33.8 Å². The van der Waals surface area contributed by atoms with E-state index in [1.54, 1.807) is 27.0 Å². The molecule has 2 rings (SSSR count). The number of cyclic esters (lactones) is 2. The van der Waals surface area contributed by atoms with Crippen LogP contribution in [0.2, 0.25) is 0 Å². The van der Waals surface area contributed by atoms with Crippen molar-refractivity contribution in [3.63, 3.8) is 0 Å². The van der Waals surface area contributed by atoms with Crippen molar-refractivity contribution in [1.82, 2.24) is 0 Å². The molecule has 1 aliphatic carbocycles. The third-order valence-electron chi connectivity index (χ3n) is 7.98. The molecule has 7 nitrogen and oxygen atoms in total. The zero-order valence-electron chi connectivity index (χ0n) is 22.5. The van der Waals surface area contributed by atoms with Crippen molar-refractivity contribution in [2.75, 3.05) is 13.9 Å². The number of rotatable bonds is 11. The molecule has 4 atom stereocenters. The van der Waals surface area contributed by atoms with Crippen LogP contribution in [-0.4, -0.2) is 48.9 Å². The molecule has 194 valence electrons. The summed E-state index contributed by atoms with van der Waals surface area (Å²) in [4.78, 5) is 39.4. The van der Waals surface area contributed by atoms with Crippen molar-refractivity contribution in [1.29, 1.82) is 0 Å². The fourth-order valence-corrected chi connectivity index (χ4v) is 5.41. The summed E-state index contributed by atoms with van der Waals surface area (Å²) in [7, 11) is 1.59. The molecule has 0 aromatic carbocycles. The van der Waals surface area contributed by atoms with Crippen molar-refractivity contribution in [3.8, 4) is 0 Å². The first-order chi connectivity index (χ1) is 15.5. The lowest BCUT2D eigenvalue weighted by molar-refractivity contribution is -0.156. The van der Waals surface area contributed by atoms with Crippen LogP contribution in [0.15, 0.2) is 12.7 Å². The number of carbonyl (C=O) groups excluding carboxylic acids is 3. The quantitative estimate of drug-likeness (QED) is 0.167. The van der Waals surface area contributed by atoms with E-state index >= 15 is 0 Å². The molecule has 1 saturated heterocycles. The van der Waals surface area contributed by atoms with E-state index in [4.69, 9.17) is 18.9 Å². The number of carbonyl (C=O) groups is 3. The zero-order chi connectivity index (χ0) is 26.1. The molecule has 0 N–H and O–H groups in total. The molecular weight excluding hydrogens is 436 g/mol. The summed E-state index contributed by atoms with van der Waals surface area (Å²) in [5.74, 6) is -1.19. The fraction of sp³-hybridized carbons (Fsp3) is 0.815. The Balaban J connectivity index is 2.45. The molecule has 0 bridgehead atoms. The maximum absolute atomic E-state index is 14.1. The van der Waals surface area contributed by atoms with Crippen molar-refractivity contribution < 1.29 is 33.3 Å². The Morgan fingerprint density at radius 2 is 1.85 bits per heavy atom. The van der Waals surface area contributed by atoms with Gasteiger partial charge in [0.25, 0.3) is 0 Å². The third kappa shape index (κ3) is 5.73. The summed E-state index contributed by atoms with van der Waals surface area (Å²) < 4.78 is 21.7. The maximum atomic E-state index is 14.1. The molecule has 0 aromatic heterocycles. The second-order valence-electron chi connectivity index (χ2n) is 12.1. The Morgan fingerprint density at radius 1 is 1.24 bits per heavy atom. The highest BCUT2D eigenvalue weighted by molar-refractivity contribution is 6.07. The van der Waals surface area contributed by atoms with Gasteiger partial charge in [0.05, 0.1) is 16.9 Å². The highest BCUT2D eigenvalue weighted by atomic mass is 16.8. The zero-order valence-corrected chi connectivity index (χ0v) is 22.5. The number of ketones is 2. The maximum Gasteiger partial charge on any atom is 0.509 e. The van der Waals surface area contributed by atoms with Crippen molar-refractivity contribution >= 4 is 17.7 Å². The average molecular weight is 481 g/mol. The van der Waals surface area contributed by atoms with Gasteiger partial charge in [-0.25, -0.2) is 4.79 Å². The van der Waals surface area contributed by atoms with E-state index in [9.17, 15) is 14.4 Å². The smallest absolute Gasteiger partial charge is 0.427 e. The predicted molar refractivity (Wildman–Crippen MR) is 129 cm³/mol. The van der Waals surface area contributed by atoms with Gasteiger partial charge in [0, 0.05) is 19.4 Å². The van der Waals surface area contributed by atoms with Crippen LogP contribution in [0.5, 0.6) is 0 Å². The van der Waals surface area contributed by atoms with Crippen molar-refractivity contribution in [2.45, 2.75) is 98.4 Å². The van der Waals surface area contributed by atoms with Gasteiger partial charge in [-0.3, -0.25) is 9.59 Å². The SMILES string of the molecule is C=C[C@@]1(C[C@@H]2OC(=O)OC2(C)C)C[C@H](CCC(C)(C)OCOC)C(C)(C)[C@H](C(=O)C(C)C)C1=O. The summed E-state index contributed by atoms with van der Waals surface area (Å²) in [5, 5.41) is 0. The summed E-state index contributed by atoms with van der Waals surface area (Å²) in [6.07, 6.45) is 2.59. The van der Waals surface area contributed by atoms with E-state index in [2.05, 4.69) is 6.58 Å². The molecule has 0 unspecified atom stereocenters. The number of ether oxygens (including phenoxy) is 4. The van der Waals surface area contributed by atoms with Crippen LogP contribution in [0.25, 0.3) is 0 Å². The van der Waals surface area contributed by atoms with Crippen molar-refractivity contribution in [2.24, 2.45) is 28.6 Å². The summed E-state index contributed by atoms with van der Waals surface area (Å²) in [6.45, 7) is 19.5. The van der Waals surface area contributed by atoms with E-state index in [0.717, 1.165) is 12.8 Å². The van der Waals surface area contributed by atoms with Crippen LogP contribution in [-0.2, 0) is 28.5 Å². The van der Waals surface area contributed by atoms with Gasteiger partial charge >= 0.3 is 6.16 Å². The lowest BCUT2D eigenvalue weighted by atomic mass is 9.50. The Hall–Kier alpha value is -1.73. The number of allylic oxidation sites excluding steroid dienone is 1. The molecular formula is C27H44O7. The number of Topliss-reactive ketones (excluding diaryl/α,β-unsaturated/α-hetero) is 2. The number of methoxy groups -OCH3 is 1.